The second-order valence-corrected chi connectivity index (χ2v) is 3.12. The van der Waals surface area contributed by atoms with Crippen molar-refractivity contribution in [1.29, 1.82) is 0 Å². The number of ketones is 1. The fraction of sp³-hybridized carbons (Fsp3) is 0.667. The van der Waals surface area contributed by atoms with Crippen molar-refractivity contribution < 1.29 is 19.1 Å². The maximum atomic E-state index is 11.1. The molecule has 0 heterocycles. The quantitative estimate of drug-likeness (QED) is 0.553. The first kappa shape index (κ1) is 13.6. The predicted molar refractivity (Wildman–Crippen MR) is 52.9 cm³/mol. The Labute approximate surface area is 88.1 Å². The maximum absolute atomic E-state index is 11.1. The van der Waals surface area contributed by atoms with Gasteiger partial charge in [0.05, 0.1) is 26.1 Å². The maximum Gasteiger partial charge on any atom is 0.305 e. The second kappa shape index (κ2) is 6.94. The lowest BCUT2D eigenvalue weighted by Crippen LogP contribution is -2.40. The van der Waals surface area contributed by atoms with Crippen molar-refractivity contribution in [3.05, 3.63) is 0 Å². The van der Waals surface area contributed by atoms with Crippen LogP contribution in [-0.4, -0.2) is 37.4 Å². The van der Waals surface area contributed by atoms with Crippen molar-refractivity contribution in [2.45, 2.75) is 25.8 Å². The van der Waals surface area contributed by atoms with Crippen LogP contribution in [0.3, 0.4) is 0 Å². The monoisotopic (exact) mass is 216 g/mol. The van der Waals surface area contributed by atoms with E-state index in [1.54, 1.807) is 0 Å². The number of hydrogen-bond acceptors (Lipinski definition) is 5. The van der Waals surface area contributed by atoms with Gasteiger partial charge in [-0.05, 0) is 6.92 Å². The lowest BCUT2D eigenvalue weighted by molar-refractivity contribution is -0.141. The van der Waals surface area contributed by atoms with Crippen molar-refractivity contribution >= 4 is 17.7 Å². The average Bonchev–Trinajstić information content (AvgIpc) is 2.21. The van der Waals surface area contributed by atoms with Crippen molar-refractivity contribution in [1.82, 2.24) is 5.32 Å². The molecule has 0 radical (unpaired) electrons. The number of carbonyl (C=O) groups excluding carboxylic acids is 3. The van der Waals surface area contributed by atoms with E-state index in [2.05, 4.69) is 10.1 Å². The number of ether oxygens (including phenoxy) is 1. The summed E-state index contributed by atoms with van der Waals surface area (Å²) in [6, 6.07) is -0.640. The van der Waals surface area contributed by atoms with Gasteiger partial charge in [-0.15, -0.1) is 0 Å². The minimum atomic E-state index is -0.640. The van der Waals surface area contributed by atoms with E-state index in [9.17, 15) is 14.4 Å². The molecule has 6 heteroatoms. The van der Waals surface area contributed by atoms with Gasteiger partial charge in [0.15, 0.2) is 5.78 Å². The lowest BCUT2D eigenvalue weighted by Gasteiger charge is -2.06. The molecule has 1 amide bonds. The third-order valence-corrected chi connectivity index (χ3v) is 1.71. The van der Waals surface area contributed by atoms with E-state index in [4.69, 9.17) is 5.73 Å². The van der Waals surface area contributed by atoms with Crippen molar-refractivity contribution in [3.8, 4) is 0 Å². The smallest absolute Gasteiger partial charge is 0.305 e. The Kier molecular flexibility index (Phi) is 6.28. The molecule has 86 valence electrons. The van der Waals surface area contributed by atoms with E-state index in [1.807, 2.05) is 0 Å². The zero-order chi connectivity index (χ0) is 11.8. The van der Waals surface area contributed by atoms with Gasteiger partial charge in [0.25, 0.3) is 0 Å². The van der Waals surface area contributed by atoms with Crippen molar-refractivity contribution in [2.24, 2.45) is 5.73 Å². The second-order valence-electron chi connectivity index (χ2n) is 3.12. The minimum absolute atomic E-state index is 0.0311. The molecule has 0 aliphatic heterocycles. The molecular formula is C9H16N2O4. The number of Topliss-reactive ketones (excluding diaryl/α,β-unsaturated/α-hetero) is 1. The van der Waals surface area contributed by atoms with Crippen molar-refractivity contribution in [3.63, 3.8) is 0 Å². The summed E-state index contributed by atoms with van der Waals surface area (Å²) in [6.07, 6.45) is 0.0925. The summed E-state index contributed by atoms with van der Waals surface area (Å²) in [6.45, 7) is 1.42. The third-order valence-electron chi connectivity index (χ3n) is 1.71. The Morgan fingerprint density at radius 1 is 1.33 bits per heavy atom. The summed E-state index contributed by atoms with van der Waals surface area (Å²) in [5.74, 6) is -1.06. The van der Waals surface area contributed by atoms with Crippen LogP contribution >= 0.6 is 0 Å². The molecule has 0 aliphatic carbocycles. The van der Waals surface area contributed by atoms with Gasteiger partial charge in [-0.2, -0.15) is 0 Å². The van der Waals surface area contributed by atoms with Gasteiger partial charge in [-0.3, -0.25) is 14.4 Å². The standard InChI is InChI=1S/C9H16N2O4/c1-6(10)9(14)11-5-7(12)3-4-8(13)15-2/h6H,3-5,10H2,1-2H3,(H,11,14)/t6-/m0/s1. The van der Waals surface area contributed by atoms with Gasteiger partial charge in [-0.1, -0.05) is 0 Å². The van der Waals surface area contributed by atoms with Crippen LogP contribution in [0.2, 0.25) is 0 Å². The molecule has 0 saturated heterocycles. The number of rotatable bonds is 6. The zero-order valence-electron chi connectivity index (χ0n) is 8.91. The van der Waals surface area contributed by atoms with Gasteiger partial charge in [0.1, 0.15) is 0 Å². The minimum Gasteiger partial charge on any atom is -0.469 e. The summed E-state index contributed by atoms with van der Waals surface area (Å²) < 4.78 is 4.37. The number of nitrogens with one attached hydrogen (secondary N) is 1. The van der Waals surface area contributed by atoms with E-state index >= 15 is 0 Å². The Balaban J connectivity index is 3.67. The Hall–Kier alpha value is -1.43. The zero-order valence-corrected chi connectivity index (χ0v) is 8.91. The number of hydrogen-bond donors (Lipinski definition) is 2. The highest BCUT2D eigenvalue weighted by Crippen LogP contribution is 1.92. The Morgan fingerprint density at radius 2 is 1.93 bits per heavy atom. The van der Waals surface area contributed by atoms with Gasteiger partial charge in [0.2, 0.25) is 5.91 Å². The molecule has 0 aromatic heterocycles. The number of esters is 1. The molecule has 0 saturated carbocycles. The van der Waals surface area contributed by atoms with E-state index < -0.39 is 12.0 Å². The van der Waals surface area contributed by atoms with Gasteiger partial charge in [0, 0.05) is 6.42 Å². The summed E-state index contributed by atoms with van der Waals surface area (Å²) >= 11 is 0. The third kappa shape index (κ3) is 6.62. The molecule has 0 aromatic carbocycles. The van der Waals surface area contributed by atoms with Crippen LogP contribution in [0.15, 0.2) is 0 Å². The van der Waals surface area contributed by atoms with E-state index in [0.29, 0.717) is 0 Å². The topological polar surface area (TPSA) is 98.5 Å². The van der Waals surface area contributed by atoms with Crippen LogP contribution in [0.25, 0.3) is 0 Å². The normalized spacial score (nSPS) is 11.7. The molecule has 3 N–H and O–H groups in total. The molecule has 0 bridgehead atoms. The number of nitrogens with two attached hydrogens (primary N) is 1. The summed E-state index contributed by atoms with van der Waals surface area (Å²) in [4.78, 5) is 32.8. The number of carbonyl (C=O) groups is 3. The van der Waals surface area contributed by atoms with Gasteiger partial charge >= 0.3 is 5.97 Å². The van der Waals surface area contributed by atoms with Gasteiger partial charge in [-0.25, -0.2) is 0 Å². The molecule has 0 rings (SSSR count). The summed E-state index contributed by atoms with van der Waals surface area (Å²) in [7, 11) is 1.25. The van der Waals surface area contributed by atoms with E-state index in [1.165, 1.54) is 14.0 Å². The van der Waals surface area contributed by atoms with Crippen LogP contribution in [0.5, 0.6) is 0 Å². The molecule has 0 aromatic rings. The van der Waals surface area contributed by atoms with Crippen LogP contribution in [0, 0.1) is 0 Å². The molecule has 0 spiro atoms. The highest BCUT2D eigenvalue weighted by molar-refractivity contribution is 5.89. The first-order chi connectivity index (χ1) is 6.97. The average molecular weight is 216 g/mol. The molecule has 15 heavy (non-hydrogen) atoms. The van der Waals surface area contributed by atoms with Crippen LogP contribution in [0.4, 0.5) is 0 Å². The van der Waals surface area contributed by atoms with E-state index in [-0.39, 0.29) is 31.1 Å². The first-order valence-electron chi connectivity index (χ1n) is 4.59. The number of amides is 1. The highest BCUT2D eigenvalue weighted by atomic mass is 16.5. The predicted octanol–water partition coefficient (Wildman–Crippen LogP) is -1.03. The largest absolute Gasteiger partial charge is 0.469 e. The fourth-order valence-corrected chi connectivity index (χ4v) is 0.779. The highest BCUT2D eigenvalue weighted by Gasteiger charge is 2.10. The Morgan fingerprint density at radius 3 is 2.40 bits per heavy atom. The van der Waals surface area contributed by atoms with Crippen LogP contribution < -0.4 is 11.1 Å². The molecule has 0 fully saturated rings. The van der Waals surface area contributed by atoms with Crippen molar-refractivity contribution in [2.75, 3.05) is 13.7 Å². The molecule has 6 nitrogen and oxygen atoms in total. The molecule has 1 atom stereocenters. The lowest BCUT2D eigenvalue weighted by atomic mass is 10.2. The summed E-state index contributed by atoms with van der Waals surface area (Å²) in [5.41, 5.74) is 5.27. The summed E-state index contributed by atoms with van der Waals surface area (Å²) in [5, 5.41) is 2.36. The van der Waals surface area contributed by atoms with Gasteiger partial charge < -0.3 is 15.8 Å². The molecular weight excluding hydrogens is 200 g/mol. The Bertz CT molecular complexity index is 250. The molecule has 0 unspecified atom stereocenters. The first-order valence-corrected chi connectivity index (χ1v) is 4.59. The SMILES string of the molecule is COC(=O)CCC(=O)CNC(=O)[C@H](C)N. The van der Waals surface area contributed by atoms with Crippen LogP contribution in [0.1, 0.15) is 19.8 Å². The fourth-order valence-electron chi connectivity index (χ4n) is 0.779. The molecule has 0 aliphatic rings. The number of methoxy groups -OCH3 is 1. The van der Waals surface area contributed by atoms with Crippen LogP contribution in [-0.2, 0) is 19.1 Å². The van der Waals surface area contributed by atoms with E-state index in [0.717, 1.165) is 0 Å².